The molecule has 19 heavy (non-hydrogen) atoms. The van der Waals surface area contributed by atoms with E-state index < -0.39 is 0 Å². The van der Waals surface area contributed by atoms with E-state index in [0.29, 0.717) is 0 Å². The lowest BCUT2D eigenvalue weighted by molar-refractivity contribution is 0.396. The molecule has 2 aromatic rings. The lowest BCUT2D eigenvalue weighted by atomic mass is 10.0. The van der Waals surface area contributed by atoms with Gasteiger partial charge in [0.15, 0.2) is 0 Å². The number of nitrogens with zero attached hydrogens (tertiary/aromatic N) is 1. The zero-order valence-electron chi connectivity index (χ0n) is 11.1. The molecule has 0 saturated carbocycles. The smallest absolute Gasteiger partial charge is 0.141 e. The summed E-state index contributed by atoms with van der Waals surface area (Å²) in [6.45, 7) is 0. The Kier molecular flexibility index (Phi) is 4.47. The van der Waals surface area contributed by atoms with Crippen molar-refractivity contribution in [2.24, 2.45) is 0 Å². The maximum atomic E-state index is 12.9. The van der Waals surface area contributed by atoms with Gasteiger partial charge in [0.25, 0.3) is 0 Å². The van der Waals surface area contributed by atoms with Gasteiger partial charge in [-0.3, -0.25) is 4.98 Å². The Bertz CT molecular complexity index is 528. The van der Waals surface area contributed by atoms with Crippen molar-refractivity contribution < 1.29 is 9.13 Å². The predicted octanol–water partition coefficient (Wildman–Crippen LogP) is 2.73. The van der Waals surface area contributed by atoms with Gasteiger partial charge in [0.05, 0.1) is 18.8 Å². The standard InChI is InChI=1S/C15H17FN2O/c1-17-13(10-11-5-7-12(16)8-6-11)15-14(19-2)4-3-9-18-15/h3-9,13,17H,10H2,1-2H3. The molecule has 1 atom stereocenters. The number of benzene rings is 1. The Morgan fingerprint density at radius 3 is 2.63 bits per heavy atom. The number of likely N-dealkylation sites (N-methyl/N-ethyl adjacent to an activating group) is 1. The van der Waals surface area contributed by atoms with Crippen LogP contribution < -0.4 is 10.1 Å². The van der Waals surface area contributed by atoms with Crippen LogP contribution in [0, 0.1) is 5.82 Å². The third-order valence-corrected chi connectivity index (χ3v) is 3.05. The summed E-state index contributed by atoms with van der Waals surface area (Å²) in [5.41, 5.74) is 1.91. The predicted molar refractivity (Wildman–Crippen MR) is 72.7 cm³/mol. The van der Waals surface area contributed by atoms with E-state index in [1.54, 1.807) is 25.4 Å². The van der Waals surface area contributed by atoms with Crippen LogP contribution in [-0.4, -0.2) is 19.1 Å². The first-order valence-electron chi connectivity index (χ1n) is 6.15. The SMILES string of the molecule is CNC(Cc1ccc(F)cc1)c1ncccc1OC. The second kappa shape index (κ2) is 6.29. The van der Waals surface area contributed by atoms with Crippen LogP contribution in [0.1, 0.15) is 17.3 Å². The summed E-state index contributed by atoms with van der Waals surface area (Å²) < 4.78 is 18.2. The summed E-state index contributed by atoms with van der Waals surface area (Å²) in [5, 5.41) is 3.22. The third-order valence-electron chi connectivity index (χ3n) is 3.05. The van der Waals surface area contributed by atoms with Gasteiger partial charge in [-0.15, -0.1) is 0 Å². The van der Waals surface area contributed by atoms with E-state index in [1.165, 1.54) is 12.1 Å². The number of hydrogen-bond acceptors (Lipinski definition) is 3. The zero-order chi connectivity index (χ0) is 13.7. The van der Waals surface area contributed by atoms with Gasteiger partial charge in [-0.1, -0.05) is 12.1 Å². The molecule has 0 amide bonds. The monoisotopic (exact) mass is 260 g/mol. The number of aromatic nitrogens is 1. The van der Waals surface area contributed by atoms with E-state index in [-0.39, 0.29) is 11.9 Å². The molecule has 4 heteroatoms. The minimum absolute atomic E-state index is 0.0293. The number of pyridine rings is 1. The van der Waals surface area contributed by atoms with E-state index in [4.69, 9.17) is 4.74 Å². The summed E-state index contributed by atoms with van der Waals surface area (Å²) in [7, 11) is 3.51. The molecule has 0 radical (unpaired) electrons. The minimum atomic E-state index is -0.222. The van der Waals surface area contributed by atoms with Crippen molar-refractivity contribution in [1.82, 2.24) is 10.3 Å². The molecule has 0 saturated heterocycles. The second-order valence-electron chi connectivity index (χ2n) is 4.26. The molecule has 0 bridgehead atoms. The molecule has 1 N–H and O–H groups in total. The van der Waals surface area contributed by atoms with Crippen molar-refractivity contribution >= 4 is 0 Å². The van der Waals surface area contributed by atoms with E-state index in [9.17, 15) is 4.39 Å². The fourth-order valence-corrected chi connectivity index (χ4v) is 2.03. The highest BCUT2D eigenvalue weighted by Crippen LogP contribution is 2.25. The van der Waals surface area contributed by atoms with Crippen LogP contribution >= 0.6 is 0 Å². The Morgan fingerprint density at radius 2 is 2.00 bits per heavy atom. The van der Waals surface area contributed by atoms with Gasteiger partial charge in [-0.25, -0.2) is 4.39 Å². The summed E-state index contributed by atoms with van der Waals surface area (Å²) in [4.78, 5) is 4.37. The fraction of sp³-hybridized carbons (Fsp3) is 0.267. The molecule has 1 heterocycles. The van der Waals surface area contributed by atoms with Crippen LogP contribution in [0.2, 0.25) is 0 Å². The van der Waals surface area contributed by atoms with Gasteiger partial charge in [0.1, 0.15) is 11.6 Å². The molecule has 1 aromatic heterocycles. The Balaban J connectivity index is 2.22. The number of nitrogens with one attached hydrogen (secondary N) is 1. The highest BCUT2D eigenvalue weighted by molar-refractivity contribution is 5.31. The number of rotatable bonds is 5. The molecule has 0 spiro atoms. The molecule has 3 nitrogen and oxygen atoms in total. The van der Waals surface area contributed by atoms with Crippen LogP contribution in [0.5, 0.6) is 5.75 Å². The highest BCUT2D eigenvalue weighted by atomic mass is 19.1. The Morgan fingerprint density at radius 1 is 1.26 bits per heavy atom. The third kappa shape index (κ3) is 3.29. The average Bonchev–Trinajstić information content (AvgIpc) is 2.46. The lowest BCUT2D eigenvalue weighted by Gasteiger charge is -2.18. The normalized spacial score (nSPS) is 12.2. The number of ether oxygens (including phenoxy) is 1. The Labute approximate surface area is 112 Å². The molecule has 0 aliphatic rings. The van der Waals surface area contributed by atoms with E-state index >= 15 is 0 Å². The topological polar surface area (TPSA) is 34.2 Å². The zero-order valence-corrected chi connectivity index (χ0v) is 11.1. The lowest BCUT2D eigenvalue weighted by Crippen LogP contribution is -2.20. The maximum Gasteiger partial charge on any atom is 0.141 e. The molecule has 100 valence electrons. The first-order chi connectivity index (χ1) is 9.24. The average molecular weight is 260 g/mol. The maximum absolute atomic E-state index is 12.9. The number of hydrogen-bond donors (Lipinski definition) is 1. The first kappa shape index (κ1) is 13.5. The van der Waals surface area contributed by atoms with Crippen molar-refractivity contribution in [2.75, 3.05) is 14.2 Å². The molecule has 0 fully saturated rings. The van der Waals surface area contributed by atoms with Gasteiger partial charge in [-0.05, 0) is 43.3 Å². The van der Waals surface area contributed by atoms with Gasteiger partial charge in [0.2, 0.25) is 0 Å². The van der Waals surface area contributed by atoms with Gasteiger partial charge >= 0.3 is 0 Å². The van der Waals surface area contributed by atoms with Crippen molar-refractivity contribution in [1.29, 1.82) is 0 Å². The molecule has 0 aliphatic carbocycles. The molecule has 1 unspecified atom stereocenters. The van der Waals surface area contributed by atoms with Crippen molar-refractivity contribution in [3.8, 4) is 5.75 Å². The van der Waals surface area contributed by atoms with E-state index in [0.717, 1.165) is 23.4 Å². The van der Waals surface area contributed by atoms with Crippen molar-refractivity contribution in [2.45, 2.75) is 12.5 Å². The number of methoxy groups -OCH3 is 1. The van der Waals surface area contributed by atoms with Crippen LogP contribution in [0.3, 0.4) is 0 Å². The Hall–Kier alpha value is -1.94. The van der Waals surface area contributed by atoms with Crippen LogP contribution in [0.4, 0.5) is 4.39 Å². The summed E-state index contributed by atoms with van der Waals surface area (Å²) >= 11 is 0. The summed E-state index contributed by atoms with van der Waals surface area (Å²) in [5.74, 6) is 0.532. The minimum Gasteiger partial charge on any atom is -0.495 e. The first-order valence-corrected chi connectivity index (χ1v) is 6.15. The fourth-order valence-electron chi connectivity index (χ4n) is 2.03. The molecular weight excluding hydrogens is 243 g/mol. The molecule has 0 aliphatic heterocycles. The van der Waals surface area contributed by atoms with Gasteiger partial charge in [-0.2, -0.15) is 0 Å². The van der Waals surface area contributed by atoms with Crippen LogP contribution in [-0.2, 0) is 6.42 Å². The van der Waals surface area contributed by atoms with Crippen molar-refractivity contribution in [3.05, 3.63) is 59.7 Å². The largest absolute Gasteiger partial charge is 0.495 e. The quantitative estimate of drug-likeness (QED) is 0.897. The van der Waals surface area contributed by atoms with Crippen LogP contribution in [0.25, 0.3) is 0 Å². The molecule has 1 aromatic carbocycles. The highest BCUT2D eigenvalue weighted by Gasteiger charge is 2.16. The van der Waals surface area contributed by atoms with Gasteiger partial charge < -0.3 is 10.1 Å². The van der Waals surface area contributed by atoms with E-state index in [2.05, 4.69) is 10.3 Å². The number of halogens is 1. The summed E-state index contributed by atoms with van der Waals surface area (Å²) in [6, 6.07) is 10.3. The molecule has 2 rings (SSSR count). The van der Waals surface area contributed by atoms with Gasteiger partial charge in [0, 0.05) is 6.20 Å². The van der Waals surface area contributed by atoms with Crippen molar-refractivity contribution in [3.63, 3.8) is 0 Å². The van der Waals surface area contributed by atoms with Crippen LogP contribution in [0.15, 0.2) is 42.6 Å². The second-order valence-corrected chi connectivity index (χ2v) is 4.26. The molecular formula is C15H17FN2O. The van der Waals surface area contributed by atoms with E-state index in [1.807, 2.05) is 19.2 Å². The summed E-state index contributed by atoms with van der Waals surface area (Å²) in [6.07, 6.45) is 2.47.